The number of para-hydroxylation sites is 2. The van der Waals surface area contributed by atoms with Gasteiger partial charge in [-0.25, -0.2) is 9.67 Å². The molecule has 2 aromatic heterocycles. The highest BCUT2D eigenvalue weighted by Crippen LogP contribution is 2.25. The Morgan fingerprint density at radius 1 is 1.08 bits per heavy atom. The third kappa shape index (κ3) is 2.60. The van der Waals surface area contributed by atoms with Crippen LogP contribution in [0, 0.1) is 0 Å². The van der Waals surface area contributed by atoms with E-state index >= 15 is 0 Å². The van der Waals surface area contributed by atoms with Crippen molar-refractivity contribution in [3.05, 3.63) is 66.5 Å². The summed E-state index contributed by atoms with van der Waals surface area (Å²) in [6, 6.07) is 16.3. The minimum atomic E-state index is 0.576. The van der Waals surface area contributed by atoms with Crippen LogP contribution in [0.25, 0.3) is 28.2 Å². The van der Waals surface area contributed by atoms with Crippen LogP contribution >= 0.6 is 0 Å². The fraction of sp³-hybridized carbons (Fsp3) is 0.200. The molecule has 2 heterocycles. The molecule has 1 atom stereocenters. The summed E-state index contributed by atoms with van der Waals surface area (Å²) in [6.07, 6.45) is 4.87. The van der Waals surface area contributed by atoms with Crippen LogP contribution in [0.15, 0.2) is 65.3 Å². The van der Waals surface area contributed by atoms with E-state index in [1.54, 1.807) is 6.20 Å². The Kier molecular flexibility index (Phi) is 3.65. The average molecular weight is 317 g/mol. The highest BCUT2D eigenvalue weighted by atomic mass is 16.3. The molecular weight excluding hydrogens is 298 g/mol. The van der Waals surface area contributed by atoms with Gasteiger partial charge in [-0.1, -0.05) is 38.1 Å². The van der Waals surface area contributed by atoms with E-state index in [0.717, 1.165) is 28.8 Å². The Morgan fingerprint density at radius 2 is 1.88 bits per heavy atom. The van der Waals surface area contributed by atoms with Crippen molar-refractivity contribution in [3.8, 4) is 17.1 Å². The van der Waals surface area contributed by atoms with Crippen LogP contribution in [0.1, 0.15) is 31.7 Å². The number of benzene rings is 2. The largest absolute Gasteiger partial charge is 0.436 e. The smallest absolute Gasteiger partial charge is 0.230 e. The van der Waals surface area contributed by atoms with Crippen molar-refractivity contribution in [2.75, 3.05) is 0 Å². The molecule has 0 spiro atoms. The molecule has 0 bridgehead atoms. The molecule has 0 radical (unpaired) electrons. The zero-order valence-corrected chi connectivity index (χ0v) is 13.8. The molecule has 0 fully saturated rings. The standard InChI is InChI=1S/C20H19N3O/c1-3-14(2)15-8-10-17(11-9-15)23-13-16(12-21-23)20-22-18-6-4-5-7-19(18)24-20/h4-14H,3H2,1-2H3. The summed E-state index contributed by atoms with van der Waals surface area (Å²) >= 11 is 0. The van der Waals surface area contributed by atoms with Gasteiger partial charge in [0.1, 0.15) is 5.52 Å². The van der Waals surface area contributed by atoms with E-state index in [4.69, 9.17) is 4.42 Å². The van der Waals surface area contributed by atoms with E-state index in [2.05, 4.69) is 48.2 Å². The van der Waals surface area contributed by atoms with Gasteiger partial charge in [0, 0.05) is 6.20 Å². The minimum Gasteiger partial charge on any atom is -0.436 e. The summed E-state index contributed by atoms with van der Waals surface area (Å²) in [5.74, 6) is 1.17. The summed E-state index contributed by atoms with van der Waals surface area (Å²) < 4.78 is 7.66. The van der Waals surface area contributed by atoms with Gasteiger partial charge in [0.25, 0.3) is 0 Å². The molecule has 4 heteroatoms. The SMILES string of the molecule is CCC(C)c1ccc(-n2cc(-c3nc4ccccc4o3)cn2)cc1. The lowest BCUT2D eigenvalue weighted by Crippen LogP contribution is -1.96. The predicted molar refractivity (Wildman–Crippen MR) is 95.3 cm³/mol. The fourth-order valence-corrected chi connectivity index (χ4v) is 2.76. The Bertz CT molecular complexity index is 933. The van der Waals surface area contributed by atoms with E-state index in [1.165, 1.54) is 5.56 Å². The van der Waals surface area contributed by atoms with E-state index in [-0.39, 0.29) is 0 Å². The number of fused-ring (bicyclic) bond motifs is 1. The zero-order chi connectivity index (χ0) is 16.5. The molecule has 2 aromatic carbocycles. The quantitative estimate of drug-likeness (QED) is 0.520. The normalized spacial score (nSPS) is 12.6. The maximum Gasteiger partial charge on any atom is 0.230 e. The number of rotatable bonds is 4. The first kappa shape index (κ1) is 14.7. The van der Waals surface area contributed by atoms with E-state index in [0.29, 0.717) is 11.8 Å². The molecule has 0 saturated heterocycles. The van der Waals surface area contributed by atoms with Crippen molar-refractivity contribution in [1.82, 2.24) is 14.8 Å². The monoisotopic (exact) mass is 317 g/mol. The molecule has 0 amide bonds. The van der Waals surface area contributed by atoms with Gasteiger partial charge in [-0.15, -0.1) is 0 Å². The molecule has 120 valence electrons. The molecule has 0 saturated carbocycles. The van der Waals surface area contributed by atoms with Gasteiger partial charge in [0.05, 0.1) is 17.4 Å². The lowest BCUT2D eigenvalue weighted by Gasteiger charge is -2.09. The molecule has 4 aromatic rings. The van der Waals surface area contributed by atoms with E-state index in [1.807, 2.05) is 35.1 Å². The molecule has 1 unspecified atom stereocenters. The molecular formula is C20H19N3O. The van der Waals surface area contributed by atoms with Crippen LogP contribution in [0.2, 0.25) is 0 Å². The van der Waals surface area contributed by atoms with Crippen molar-refractivity contribution in [3.63, 3.8) is 0 Å². The van der Waals surface area contributed by atoms with Crippen molar-refractivity contribution < 1.29 is 4.42 Å². The van der Waals surface area contributed by atoms with Crippen LogP contribution in [0.5, 0.6) is 0 Å². The first-order chi connectivity index (χ1) is 11.7. The van der Waals surface area contributed by atoms with Gasteiger partial charge in [-0.05, 0) is 42.2 Å². The highest BCUT2D eigenvalue weighted by Gasteiger charge is 2.11. The van der Waals surface area contributed by atoms with E-state index < -0.39 is 0 Å². The minimum absolute atomic E-state index is 0.576. The van der Waals surface area contributed by atoms with Crippen molar-refractivity contribution >= 4 is 11.1 Å². The highest BCUT2D eigenvalue weighted by molar-refractivity contribution is 5.75. The van der Waals surface area contributed by atoms with Crippen LogP contribution < -0.4 is 0 Å². The zero-order valence-electron chi connectivity index (χ0n) is 13.8. The van der Waals surface area contributed by atoms with Crippen LogP contribution in [0.3, 0.4) is 0 Å². The second-order valence-electron chi connectivity index (χ2n) is 6.06. The molecule has 0 aliphatic carbocycles. The molecule has 24 heavy (non-hydrogen) atoms. The Labute approximate surface area is 140 Å². The fourth-order valence-electron chi connectivity index (χ4n) is 2.76. The summed E-state index contributed by atoms with van der Waals surface area (Å²) in [6.45, 7) is 4.45. The van der Waals surface area contributed by atoms with Gasteiger partial charge in [0.15, 0.2) is 5.58 Å². The molecule has 0 aliphatic rings. The average Bonchev–Trinajstić information content (AvgIpc) is 3.27. The van der Waals surface area contributed by atoms with Crippen LogP contribution in [-0.2, 0) is 0 Å². The van der Waals surface area contributed by atoms with Crippen molar-refractivity contribution in [1.29, 1.82) is 0 Å². The van der Waals surface area contributed by atoms with Gasteiger partial charge < -0.3 is 4.42 Å². The second-order valence-corrected chi connectivity index (χ2v) is 6.06. The number of hydrogen-bond donors (Lipinski definition) is 0. The molecule has 0 N–H and O–H groups in total. The maximum atomic E-state index is 5.80. The van der Waals surface area contributed by atoms with Gasteiger partial charge in [-0.2, -0.15) is 5.10 Å². The lowest BCUT2D eigenvalue weighted by molar-refractivity contribution is 0.620. The molecule has 0 aliphatic heterocycles. The van der Waals surface area contributed by atoms with E-state index in [9.17, 15) is 0 Å². The number of nitrogens with zero attached hydrogens (tertiary/aromatic N) is 3. The number of hydrogen-bond acceptors (Lipinski definition) is 3. The molecule has 4 nitrogen and oxygen atoms in total. The Morgan fingerprint density at radius 3 is 2.62 bits per heavy atom. The Hall–Kier alpha value is -2.88. The summed E-state index contributed by atoms with van der Waals surface area (Å²) in [4.78, 5) is 4.52. The maximum absolute atomic E-state index is 5.80. The van der Waals surface area contributed by atoms with Gasteiger partial charge in [0.2, 0.25) is 5.89 Å². The van der Waals surface area contributed by atoms with Gasteiger partial charge >= 0.3 is 0 Å². The second kappa shape index (κ2) is 5.96. The van der Waals surface area contributed by atoms with Crippen molar-refractivity contribution in [2.45, 2.75) is 26.2 Å². The third-order valence-electron chi connectivity index (χ3n) is 4.46. The number of oxazole rings is 1. The Balaban J connectivity index is 1.64. The first-order valence-electron chi connectivity index (χ1n) is 8.25. The predicted octanol–water partition coefficient (Wildman–Crippen LogP) is 5.19. The molecule has 4 rings (SSSR count). The topological polar surface area (TPSA) is 43.9 Å². The summed E-state index contributed by atoms with van der Waals surface area (Å²) in [7, 11) is 0. The lowest BCUT2D eigenvalue weighted by atomic mass is 9.99. The number of aromatic nitrogens is 3. The van der Waals surface area contributed by atoms with Gasteiger partial charge in [-0.3, -0.25) is 0 Å². The van der Waals surface area contributed by atoms with Crippen LogP contribution in [0.4, 0.5) is 0 Å². The summed E-state index contributed by atoms with van der Waals surface area (Å²) in [5.41, 5.74) is 4.91. The van der Waals surface area contributed by atoms with Crippen molar-refractivity contribution in [2.24, 2.45) is 0 Å². The summed E-state index contributed by atoms with van der Waals surface area (Å²) in [5, 5.41) is 4.44. The third-order valence-corrected chi connectivity index (χ3v) is 4.46. The first-order valence-corrected chi connectivity index (χ1v) is 8.25. The van der Waals surface area contributed by atoms with Crippen LogP contribution in [-0.4, -0.2) is 14.8 Å².